The van der Waals surface area contributed by atoms with E-state index in [4.69, 9.17) is 23.2 Å². The molecule has 0 saturated carbocycles. The number of aryl methyl sites for hydroxylation is 2. The first-order chi connectivity index (χ1) is 13.3. The van der Waals surface area contributed by atoms with Crippen molar-refractivity contribution in [3.63, 3.8) is 0 Å². The molecule has 1 aliphatic heterocycles. The molecule has 1 atom stereocenters. The van der Waals surface area contributed by atoms with Crippen LogP contribution in [0, 0.1) is 19.8 Å². The summed E-state index contributed by atoms with van der Waals surface area (Å²) in [7, 11) is 0. The topological polar surface area (TPSA) is 78.5 Å². The zero-order chi connectivity index (χ0) is 20.4. The highest BCUT2D eigenvalue weighted by atomic mass is 35.5. The van der Waals surface area contributed by atoms with Gasteiger partial charge in [0.05, 0.1) is 16.0 Å². The maximum absolute atomic E-state index is 12.4. The van der Waals surface area contributed by atoms with E-state index in [-0.39, 0.29) is 29.5 Å². The fourth-order valence-corrected chi connectivity index (χ4v) is 3.25. The lowest BCUT2D eigenvalue weighted by Crippen LogP contribution is -2.45. The molecule has 1 fully saturated rings. The van der Waals surface area contributed by atoms with Crippen molar-refractivity contribution in [1.29, 1.82) is 0 Å². The Kier molecular flexibility index (Phi) is 5.91. The minimum Gasteiger partial charge on any atom is -0.312 e. The average Bonchev–Trinajstić information content (AvgIpc) is 3.05. The predicted octanol–water partition coefficient (Wildman–Crippen LogP) is 3.42. The number of rotatable bonds is 3. The average molecular weight is 420 g/mol. The molecule has 0 bridgehead atoms. The van der Waals surface area contributed by atoms with Crippen LogP contribution in [0.5, 0.6) is 0 Å². The molecular weight excluding hydrogens is 401 g/mol. The van der Waals surface area contributed by atoms with Crippen molar-refractivity contribution >= 4 is 46.6 Å². The van der Waals surface area contributed by atoms with Gasteiger partial charge in [0.15, 0.2) is 0 Å². The number of hydrogen-bond acceptors (Lipinski definition) is 3. The van der Waals surface area contributed by atoms with Crippen molar-refractivity contribution in [2.24, 2.45) is 5.92 Å². The molecule has 1 aliphatic rings. The van der Waals surface area contributed by atoms with Gasteiger partial charge >= 0.3 is 0 Å². The SMILES string of the molecule is Cc1ccc(N2C[C@@H](C(=O)NNC(=O)c3ccc(Cl)c(Cl)c3)CC2=O)cc1C. The molecule has 1 saturated heterocycles. The first-order valence-electron chi connectivity index (χ1n) is 8.69. The van der Waals surface area contributed by atoms with Crippen molar-refractivity contribution in [2.75, 3.05) is 11.4 Å². The fourth-order valence-electron chi connectivity index (χ4n) is 2.96. The van der Waals surface area contributed by atoms with Crippen LogP contribution in [0.2, 0.25) is 10.0 Å². The standard InChI is InChI=1S/C20H19Cl2N3O3/c1-11-3-5-15(7-12(11)2)25-10-14(9-18(25)26)20(28)24-23-19(27)13-4-6-16(21)17(22)8-13/h3-8,14H,9-10H2,1-2H3,(H,23,27)(H,24,28)/t14-/m0/s1. The molecule has 28 heavy (non-hydrogen) atoms. The molecule has 1 heterocycles. The molecule has 6 nitrogen and oxygen atoms in total. The van der Waals surface area contributed by atoms with E-state index in [1.54, 1.807) is 4.90 Å². The summed E-state index contributed by atoms with van der Waals surface area (Å²) in [5.41, 5.74) is 7.95. The maximum atomic E-state index is 12.4. The number of anilines is 1. The van der Waals surface area contributed by atoms with Crippen LogP contribution in [0.25, 0.3) is 0 Å². The van der Waals surface area contributed by atoms with E-state index in [0.29, 0.717) is 5.02 Å². The molecule has 146 valence electrons. The zero-order valence-corrected chi connectivity index (χ0v) is 16.9. The summed E-state index contributed by atoms with van der Waals surface area (Å²) in [5.74, 6) is -1.63. The van der Waals surface area contributed by atoms with Crippen molar-refractivity contribution in [3.8, 4) is 0 Å². The van der Waals surface area contributed by atoms with Gasteiger partial charge in [-0.25, -0.2) is 0 Å². The Bertz CT molecular complexity index is 962. The van der Waals surface area contributed by atoms with E-state index in [9.17, 15) is 14.4 Å². The maximum Gasteiger partial charge on any atom is 0.269 e. The molecule has 2 N–H and O–H groups in total. The Labute approximate surface area is 172 Å². The second kappa shape index (κ2) is 8.20. The highest BCUT2D eigenvalue weighted by Crippen LogP contribution is 2.27. The van der Waals surface area contributed by atoms with Gasteiger partial charge < -0.3 is 4.90 Å². The Morgan fingerprint density at radius 3 is 2.43 bits per heavy atom. The van der Waals surface area contributed by atoms with Crippen molar-refractivity contribution < 1.29 is 14.4 Å². The number of nitrogens with one attached hydrogen (secondary N) is 2. The molecule has 0 aromatic heterocycles. The van der Waals surface area contributed by atoms with Crippen LogP contribution in [-0.2, 0) is 9.59 Å². The van der Waals surface area contributed by atoms with Gasteiger partial charge in [0.2, 0.25) is 11.8 Å². The van der Waals surface area contributed by atoms with Crippen LogP contribution < -0.4 is 15.8 Å². The van der Waals surface area contributed by atoms with Crippen LogP contribution in [0.4, 0.5) is 5.69 Å². The number of hydrazine groups is 1. The lowest BCUT2D eigenvalue weighted by Gasteiger charge is -2.18. The second-order valence-corrected chi connectivity index (χ2v) is 7.56. The number of hydrogen-bond donors (Lipinski definition) is 2. The third kappa shape index (κ3) is 4.29. The van der Waals surface area contributed by atoms with Gasteiger partial charge in [-0.15, -0.1) is 0 Å². The number of nitrogens with zero attached hydrogens (tertiary/aromatic N) is 1. The summed E-state index contributed by atoms with van der Waals surface area (Å²) in [6.07, 6.45) is 0.0847. The summed E-state index contributed by atoms with van der Waals surface area (Å²) in [6.45, 7) is 4.23. The number of carbonyl (C=O) groups is 3. The number of carbonyl (C=O) groups excluding carboxylic acids is 3. The summed E-state index contributed by atoms with van der Waals surface area (Å²) in [6, 6.07) is 10.1. The Morgan fingerprint density at radius 2 is 1.75 bits per heavy atom. The van der Waals surface area contributed by atoms with Gasteiger partial charge in [0.25, 0.3) is 5.91 Å². The van der Waals surface area contributed by atoms with Gasteiger partial charge in [0.1, 0.15) is 0 Å². The third-order valence-electron chi connectivity index (χ3n) is 4.78. The molecule has 0 aliphatic carbocycles. The monoisotopic (exact) mass is 419 g/mol. The summed E-state index contributed by atoms with van der Waals surface area (Å²) >= 11 is 11.7. The minimum absolute atomic E-state index is 0.0847. The van der Waals surface area contributed by atoms with E-state index in [1.807, 2.05) is 32.0 Å². The van der Waals surface area contributed by atoms with Gasteiger partial charge in [-0.2, -0.15) is 0 Å². The first-order valence-corrected chi connectivity index (χ1v) is 9.44. The van der Waals surface area contributed by atoms with E-state index in [1.165, 1.54) is 18.2 Å². The number of halogens is 2. The minimum atomic E-state index is -0.553. The van der Waals surface area contributed by atoms with E-state index >= 15 is 0 Å². The largest absolute Gasteiger partial charge is 0.312 e. The van der Waals surface area contributed by atoms with Crippen LogP contribution >= 0.6 is 23.2 Å². The van der Waals surface area contributed by atoms with Crippen molar-refractivity contribution in [1.82, 2.24) is 10.9 Å². The highest BCUT2D eigenvalue weighted by Gasteiger charge is 2.35. The number of amides is 3. The second-order valence-electron chi connectivity index (χ2n) is 6.75. The Balaban J connectivity index is 1.60. The molecule has 2 aromatic carbocycles. The van der Waals surface area contributed by atoms with Crippen LogP contribution in [0.1, 0.15) is 27.9 Å². The molecule has 2 aromatic rings. The quantitative estimate of drug-likeness (QED) is 0.747. The molecule has 0 unspecified atom stereocenters. The summed E-state index contributed by atoms with van der Waals surface area (Å²) in [4.78, 5) is 38.5. The molecule has 0 radical (unpaired) electrons. The highest BCUT2D eigenvalue weighted by molar-refractivity contribution is 6.42. The third-order valence-corrected chi connectivity index (χ3v) is 5.52. The van der Waals surface area contributed by atoms with Crippen LogP contribution in [-0.4, -0.2) is 24.3 Å². The lowest BCUT2D eigenvalue weighted by molar-refractivity contribution is -0.126. The molecule has 8 heteroatoms. The van der Waals surface area contributed by atoms with E-state index in [0.717, 1.165) is 16.8 Å². The molecule has 0 spiro atoms. The molecule has 3 amide bonds. The normalized spacial score (nSPS) is 16.2. The van der Waals surface area contributed by atoms with Crippen LogP contribution in [0.3, 0.4) is 0 Å². The molecule has 3 rings (SSSR count). The van der Waals surface area contributed by atoms with E-state index in [2.05, 4.69) is 10.9 Å². The van der Waals surface area contributed by atoms with Crippen LogP contribution in [0.15, 0.2) is 36.4 Å². The van der Waals surface area contributed by atoms with Gasteiger partial charge in [-0.05, 0) is 55.3 Å². The first kappa shape index (κ1) is 20.2. The van der Waals surface area contributed by atoms with Crippen molar-refractivity contribution in [3.05, 3.63) is 63.1 Å². The molecular formula is C20H19Cl2N3O3. The van der Waals surface area contributed by atoms with Gasteiger partial charge in [-0.3, -0.25) is 25.2 Å². The smallest absolute Gasteiger partial charge is 0.269 e. The van der Waals surface area contributed by atoms with Gasteiger partial charge in [0, 0.05) is 24.2 Å². The van der Waals surface area contributed by atoms with Gasteiger partial charge in [-0.1, -0.05) is 29.3 Å². The zero-order valence-electron chi connectivity index (χ0n) is 15.4. The predicted molar refractivity (Wildman–Crippen MR) is 108 cm³/mol. The number of benzene rings is 2. The Hall–Kier alpha value is -2.57. The summed E-state index contributed by atoms with van der Waals surface area (Å²) in [5, 5.41) is 0.573. The van der Waals surface area contributed by atoms with Crippen molar-refractivity contribution in [2.45, 2.75) is 20.3 Å². The Morgan fingerprint density at radius 1 is 1.00 bits per heavy atom. The summed E-state index contributed by atoms with van der Waals surface area (Å²) < 4.78 is 0. The van der Waals surface area contributed by atoms with E-state index < -0.39 is 17.7 Å². The fraction of sp³-hybridized carbons (Fsp3) is 0.250. The lowest BCUT2D eigenvalue weighted by atomic mass is 10.1.